The normalized spacial score (nSPS) is 26.3. The molecule has 3 N–H and O–H groups in total. The van der Waals surface area contributed by atoms with Crippen LogP contribution in [0.2, 0.25) is 0 Å². The van der Waals surface area contributed by atoms with E-state index in [-0.39, 0.29) is 0 Å². The molecular weight excluding hydrogens is 178 g/mol. The zero-order chi connectivity index (χ0) is 9.19. The van der Waals surface area contributed by atoms with Crippen molar-refractivity contribution in [3.8, 4) is 0 Å². The minimum absolute atomic E-state index is 0.365. The highest BCUT2D eigenvalue weighted by atomic mass is 32.2. The summed E-state index contributed by atoms with van der Waals surface area (Å²) in [7, 11) is -2.99. The van der Waals surface area contributed by atoms with Gasteiger partial charge in [0.2, 0.25) is 10.0 Å². The van der Waals surface area contributed by atoms with Crippen LogP contribution in [0.5, 0.6) is 0 Å². The number of nitrogens with one attached hydrogen (secondary N) is 1. The molecule has 1 rings (SSSR count). The number of hydrogen-bond donors (Lipinski definition) is 2. The van der Waals surface area contributed by atoms with Gasteiger partial charge in [-0.1, -0.05) is 0 Å². The highest BCUT2D eigenvalue weighted by molar-refractivity contribution is 7.88. The van der Waals surface area contributed by atoms with E-state index in [1.165, 1.54) is 10.6 Å². The molecule has 0 spiro atoms. The lowest BCUT2D eigenvalue weighted by Crippen LogP contribution is -2.32. The van der Waals surface area contributed by atoms with Crippen molar-refractivity contribution >= 4 is 10.0 Å². The van der Waals surface area contributed by atoms with E-state index in [0.29, 0.717) is 25.6 Å². The zero-order valence-corrected chi connectivity index (χ0v) is 7.97. The molecule has 72 valence electrons. The molecule has 1 heterocycles. The second-order valence-electron chi connectivity index (χ2n) is 3.18. The lowest BCUT2D eigenvalue weighted by Gasteiger charge is -2.12. The first-order chi connectivity index (χ1) is 5.54. The summed E-state index contributed by atoms with van der Waals surface area (Å²) < 4.78 is 23.6. The van der Waals surface area contributed by atoms with Crippen molar-refractivity contribution in [2.75, 3.05) is 25.9 Å². The molecule has 1 aliphatic heterocycles. The van der Waals surface area contributed by atoms with Gasteiger partial charge in [0.15, 0.2) is 0 Å². The molecule has 0 saturated carbocycles. The van der Waals surface area contributed by atoms with Crippen molar-refractivity contribution in [2.24, 2.45) is 11.8 Å². The first-order valence-electron chi connectivity index (χ1n) is 3.92. The van der Waals surface area contributed by atoms with Crippen LogP contribution in [0.15, 0.2) is 0 Å². The molecule has 0 aromatic heterocycles. The molecule has 5 nitrogen and oxygen atoms in total. The molecule has 1 unspecified atom stereocenters. The third-order valence-electron chi connectivity index (χ3n) is 2.12. The van der Waals surface area contributed by atoms with Crippen molar-refractivity contribution in [1.82, 2.24) is 9.73 Å². The summed E-state index contributed by atoms with van der Waals surface area (Å²) in [6.07, 6.45) is 2.14. The van der Waals surface area contributed by atoms with Crippen LogP contribution in [0, 0.1) is 5.92 Å². The topological polar surface area (TPSA) is 75.4 Å². The fourth-order valence-electron chi connectivity index (χ4n) is 1.43. The Hall–Kier alpha value is -0.170. The summed E-state index contributed by atoms with van der Waals surface area (Å²) in [5.74, 6) is 5.51. The zero-order valence-electron chi connectivity index (χ0n) is 7.16. The average molecular weight is 193 g/mol. The summed E-state index contributed by atoms with van der Waals surface area (Å²) in [6, 6.07) is 0. The highest BCUT2D eigenvalue weighted by Crippen LogP contribution is 2.17. The van der Waals surface area contributed by atoms with E-state index in [9.17, 15) is 8.42 Å². The van der Waals surface area contributed by atoms with E-state index >= 15 is 0 Å². The lowest BCUT2D eigenvalue weighted by molar-refractivity contribution is 0.451. The molecule has 0 amide bonds. The smallest absolute Gasteiger partial charge is 0.211 e. The van der Waals surface area contributed by atoms with E-state index in [1.54, 1.807) is 0 Å². The molecule has 0 bridgehead atoms. The predicted octanol–water partition coefficient (Wildman–Crippen LogP) is -1.27. The minimum Gasteiger partial charge on any atom is -0.271 e. The highest BCUT2D eigenvalue weighted by Gasteiger charge is 2.27. The van der Waals surface area contributed by atoms with Crippen LogP contribution in [0.1, 0.15) is 6.42 Å². The summed E-state index contributed by atoms with van der Waals surface area (Å²) in [5.41, 5.74) is 2.56. The predicted molar refractivity (Wildman–Crippen MR) is 46.7 cm³/mol. The molecule has 0 aromatic carbocycles. The third kappa shape index (κ3) is 2.41. The molecule has 1 saturated heterocycles. The van der Waals surface area contributed by atoms with Crippen LogP contribution in [-0.2, 0) is 10.0 Å². The standard InChI is InChI=1S/C6H15N3O2S/c1-12(10,11)9-3-2-6(5-9)4-8-7/h6,8H,2-5,7H2,1H3. The van der Waals surface area contributed by atoms with Crippen LogP contribution in [-0.4, -0.2) is 38.6 Å². The van der Waals surface area contributed by atoms with Gasteiger partial charge in [0.1, 0.15) is 0 Å². The second kappa shape index (κ2) is 3.69. The number of nitrogens with two attached hydrogens (primary N) is 1. The molecule has 0 aliphatic carbocycles. The van der Waals surface area contributed by atoms with E-state index < -0.39 is 10.0 Å². The minimum atomic E-state index is -2.99. The summed E-state index contributed by atoms with van der Waals surface area (Å²) in [4.78, 5) is 0. The first kappa shape index (κ1) is 9.91. The van der Waals surface area contributed by atoms with E-state index in [4.69, 9.17) is 5.84 Å². The van der Waals surface area contributed by atoms with E-state index in [2.05, 4.69) is 5.43 Å². The molecule has 6 heteroatoms. The van der Waals surface area contributed by atoms with E-state index in [1.807, 2.05) is 0 Å². The molecular formula is C6H15N3O2S. The van der Waals surface area contributed by atoms with Gasteiger partial charge in [0.05, 0.1) is 6.26 Å². The summed E-state index contributed by atoms with van der Waals surface area (Å²) in [6.45, 7) is 1.92. The molecule has 0 radical (unpaired) electrons. The number of nitrogens with zero attached hydrogens (tertiary/aromatic N) is 1. The van der Waals surface area contributed by atoms with Crippen LogP contribution >= 0.6 is 0 Å². The van der Waals surface area contributed by atoms with E-state index in [0.717, 1.165) is 6.42 Å². The van der Waals surface area contributed by atoms with Crippen LogP contribution < -0.4 is 11.3 Å². The Balaban J connectivity index is 2.46. The maximum atomic E-state index is 11.1. The maximum absolute atomic E-state index is 11.1. The van der Waals surface area contributed by atoms with Gasteiger partial charge in [0, 0.05) is 19.6 Å². The largest absolute Gasteiger partial charge is 0.271 e. The van der Waals surface area contributed by atoms with Crippen LogP contribution in [0.4, 0.5) is 0 Å². The van der Waals surface area contributed by atoms with Gasteiger partial charge in [-0.15, -0.1) is 0 Å². The fraction of sp³-hybridized carbons (Fsp3) is 1.00. The number of hydrazine groups is 1. The van der Waals surface area contributed by atoms with Crippen molar-refractivity contribution in [1.29, 1.82) is 0 Å². The number of sulfonamides is 1. The van der Waals surface area contributed by atoms with Crippen molar-refractivity contribution in [3.05, 3.63) is 0 Å². The van der Waals surface area contributed by atoms with Crippen molar-refractivity contribution in [3.63, 3.8) is 0 Å². The monoisotopic (exact) mass is 193 g/mol. The lowest BCUT2D eigenvalue weighted by atomic mass is 10.1. The molecule has 1 aliphatic rings. The first-order valence-corrected chi connectivity index (χ1v) is 5.77. The number of rotatable bonds is 3. The van der Waals surface area contributed by atoms with Crippen LogP contribution in [0.3, 0.4) is 0 Å². The summed E-state index contributed by atoms with van der Waals surface area (Å²) >= 11 is 0. The Morgan fingerprint density at radius 3 is 2.75 bits per heavy atom. The van der Waals surface area contributed by atoms with Crippen molar-refractivity contribution in [2.45, 2.75) is 6.42 Å². The molecule has 1 fully saturated rings. The molecule has 12 heavy (non-hydrogen) atoms. The second-order valence-corrected chi connectivity index (χ2v) is 5.17. The van der Waals surface area contributed by atoms with Gasteiger partial charge in [-0.05, 0) is 12.3 Å². The van der Waals surface area contributed by atoms with Gasteiger partial charge in [-0.25, -0.2) is 12.7 Å². The average Bonchev–Trinajstić information content (AvgIpc) is 2.35. The Morgan fingerprint density at radius 1 is 1.67 bits per heavy atom. The van der Waals surface area contributed by atoms with Gasteiger partial charge in [0.25, 0.3) is 0 Å². The number of hydrogen-bond acceptors (Lipinski definition) is 4. The van der Waals surface area contributed by atoms with Gasteiger partial charge < -0.3 is 0 Å². The Labute approximate surface area is 72.9 Å². The fourth-order valence-corrected chi connectivity index (χ4v) is 2.35. The Morgan fingerprint density at radius 2 is 2.33 bits per heavy atom. The quantitative estimate of drug-likeness (QED) is 0.433. The third-order valence-corrected chi connectivity index (χ3v) is 3.39. The van der Waals surface area contributed by atoms with Crippen molar-refractivity contribution < 1.29 is 8.42 Å². The Kier molecular flexibility index (Phi) is 3.05. The summed E-state index contributed by atoms with van der Waals surface area (Å²) in [5, 5.41) is 0. The Bertz CT molecular complexity index is 239. The van der Waals surface area contributed by atoms with Gasteiger partial charge >= 0.3 is 0 Å². The van der Waals surface area contributed by atoms with Crippen LogP contribution in [0.25, 0.3) is 0 Å². The molecule has 0 aromatic rings. The van der Waals surface area contributed by atoms with Gasteiger partial charge in [-0.3, -0.25) is 11.3 Å². The molecule has 1 atom stereocenters. The van der Waals surface area contributed by atoms with Gasteiger partial charge in [-0.2, -0.15) is 0 Å². The maximum Gasteiger partial charge on any atom is 0.211 e. The SMILES string of the molecule is CS(=O)(=O)N1CCC(CNN)C1.